The highest BCUT2D eigenvalue weighted by molar-refractivity contribution is 5.89. The number of amides is 1. The van der Waals surface area contributed by atoms with Gasteiger partial charge in [-0.05, 0) is 6.92 Å². The van der Waals surface area contributed by atoms with Gasteiger partial charge < -0.3 is 15.2 Å². The van der Waals surface area contributed by atoms with Gasteiger partial charge in [0.2, 0.25) is 5.91 Å². The number of nitrogens with one attached hydrogen (secondary N) is 1. The van der Waals surface area contributed by atoms with Crippen molar-refractivity contribution in [2.24, 2.45) is 0 Å². The molecule has 0 spiro atoms. The quantitative estimate of drug-likeness (QED) is 0.514. The monoisotopic (exact) mass is 173 g/mol. The van der Waals surface area contributed by atoms with Gasteiger partial charge in [-0.1, -0.05) is 0 Å². The smallest absolute Gasteiger partial charge is 0.331 e. The van der Waals surface area contributed by atoms with Crippen molar-refractivity contribution in [2.75, 3.05) is 6.61 Å². The maximum atomic E-state index is 11.0. The number of aliphatic hydroxyl groups is 1. The summed E-state index contributed by atoms with van der Waals surface area (Å²) in [5.41, 5.74) is 0. The van der Waals surface area contributed by atoms with E-state index in [9.17, 15) is 14.7 Å². The third-order valence-electron chi connectivity index (χ3n) is 1.64. The van der Waals surface area contributed by atoms with Crippen LogP contribution in [0.25, 0.3) is 0 Å². The van der Waals surface area contributed by atoms with Gasteiger partial charge in [-0.3, -0.25) is 4.79 Å². The molecule has 1 rings (SSSR count). The molecule has 5 nitrogen and oxygen atoms in total. The van der Waals surface area contributed by atoms with E-state index in [0.717, 1.165) is 0 Å². The van der Waals surface area contributed by atoms with E-state index in [1.165, 1.54) is 0 Å². The second-order valence-corrected chi connectivity index (χ2v) is 2.57. The molecule has 1 fully saturated rings. The van der Waals surface area contributed by atoms with Gasteiger partial charge in [-0.2, -0.15) is 0 Å². The molecule has 1 aliphatic heterocycles. The molecule has 1 aliphatic rings. The maximum absolute atomic E-state index is 11.0. The van der Waals surface area contributed by atoms with Crippen molar-refractivity contribution >= 4 is 11.9 Å². The van der Waals surface area contributed by atoms with Gasteiger partial charge in [-0.15, -0.1) is 0 Å². The molecule has 1 amide bonds. The van der Waals surface area contributed by atoms with Crippen LogP contribution in [-0.4, -0.2) is 35.7 Å². The Morgan fingerprint density at radius 1 is 1.83 bits per heavy atom. The minimum Gasteiger partial charge on any atom is -0.464 e. The Labute approximate surface area is 69.7 Å². The number of ether oxygens (including phenoxy) is 1. The van der Waals surface area contributed by atoms with Crippen molar-refractivity contribution in [3.05, 3.63) is 0 Å². The van der Waals surface area contributed by atoms with Crippen LogP contribution in [-0.2, 0) is 14.3 Å². The van der Waals surface area contributed by atoms with E-state index in [1.807, 2.05) is 0 Å². The molecule has 0 aromatic carbocycles. The van der Waals surface area contributed by atoms with Gasteiger partial charge in [0.15, 0.2) is 6.04 Å². The average Bonchev–Trinajstić information content (AvgIpc) is 2.30. The average molecular weight is 173 g/mol. The standard InChI is InChI=1S/C7H11NO4/c1-2-12-7(11)6-4(9)3-5(10)8-6/h4,6,9H,2-3H2,1H3,(H,8,10)/t4-,6-/m0/s1. The third kappa shape index (κ3) is 1.73. The van der Waals surface area contributed by atoms with Gasteiger partial charge in [-0.25, -0.2) is 4.79 Å². The zero-order valence-corrected chi connectivity index (χ0v) is 6.74. The molecule has 0 saturated carbocycles. The van der Waals surface area contributed by atoms with Crippen LogP contribution in [0.5, 0.6) is 0 Å². The summed E-state index contributed by atoms with van der Waals surface area (Å²) in [6, 6.07) is -0.877. The van der Waals surface area contributed by atoms with Crippen molar-refractivity contribution < 1.29 is 19.4 Å². The van der Waals surface area contributed by atoms with Crippen LogP contribution in [0, 0.1) is 0 Å². The summed E-state index contributed by atoms with van der Waals surface area (Å²) >= 11 is 0. The lowest BCUT2D eigenvalue weighted by molar-refractivity contribution is -0.147. The van der Waals surface area contributed by atoms with Crippen LogP contribution in [0.3, 0.4) is 0 Å². The highest BCUT2D eigenvalue weighted by atomic mass is 16.5. The Bertz CT molecular complexity index is 204. The zero-order valence-electron chi connectivity index (χ0n) is 6.74. The number of hydrogen-bond donors (Lipinski definition) is 2. The van der Waals surface area contributed by atoms with E-state index in [4.69, 9.17) is 0 Å². The van der Waals surface area contributed by atoms with E-state index in [2.05, 4.69) is 10.1 Å². The lowest BCUT2D eigenvalue weighted by Gasteiger charge is -2.11. The van der Waals surface area contributed by atoms with Crippen molar-refractivity contribution in [1.29, 1.82) is 0 Å². The van der Waals surface area contributed by atoms with E-state index in [1.54, 1.807) is 6.92 Å². The van der Waals surface area contributed by atoms with E-state index in [-0.39, 0.29) is 18.9 Å². The molecule has 5 heteroatoms. The van der Waals surface area contributed by atoms with E-state index >= 15 is 0 Å². The predicted octanol–water partition coefficient (Wildman–Crippen LogP) is -1.20. The van der Waals surface area contributed by atoms with Gasteiger partial charge in [0.25, 0.3) is 0 Å². The Kier molecular flexibility index (Phi) is 2.65. The molecule has 0 aromatic heterocycles. The Morgan fingerprint density at radius 3 is 2.92 bits per heavy atom. The van der Waals surface area contributed by atoms with Crippen molar-refractivity contribution in [3.63, 3.8) is 0 Å². The Morgan fingerprint density at radius 2 is 2.50 bits per heavy atom. The van der Waals surface area contributed by atoms with E-state index in [0.29, 0.717) is 0 Å². The van der Waals surface area contributed by atoms with Crippen LogP contribution >= 0.6 is 0 Å². The minimum atomic E-state index is -0.948. The molecule has 68 valence electrons. The summed E-state index contributed by atoms with van der Waals surface area (Å²) in [7, 11) is 0. The normalized spacial score (nSPS) is 28.3. The zero-order chi connectivity index (χ0) is 9.14. The largest absolute Gasteiger partial charge is 0.464 e. The molecule has 2 N–H and O–H groups in total. The summed E-state index contributed by atoms with van der Waals surface area (Å²) in [6.45, 7) is 1.92. The number of hydrogen-bond acceptors (Lipinski definition) is 4. The van der Waals surface area contributed by atoms with Crippen LogP contribution in [0.2, 0.25) is 0 Å². The topological polar surface area (TPSA) is 75.6 Å². The van der Waals surface area contributed by atoms with Gasteiger partial charge in [0, 0.05) is 0 Å². The first-order chi connectivity index (χ1) is 5.65. The van der Waals surface area contributed by atoms with Crippen LogP contribution in [0.1, 0.15) is 13.3 Å². The van der Waals surface area contributed by atoms with Crippen LogP contribution in [0.15, 0.2) is 0 Å². The lowest BCUT2D eigenvalue weighted by Crippen LogP contribution is -2.40. The maximum Gasteiger partial charge on any atom is 0.331 e. The van der Waals surface area contributed by atoms with E-state index < -0.39 is 18.1 Å². The molecule has 1 saturated heterocycles. The number of rotatable bonds is 2. The molecule has 0 radical (unpaired) electrons. The van der Waals surface area contributed by atoms with Crippen LogP contribution in [0.4, 0.5) is 0 Å². The SMILES string of the molecule is CCOC(=O)[C@H]1NC(=O)C[C@@H]1O. The predicted molar refractivity (Wildman–Crippen MR) is 39.2 cm³/mol. The highest BCUT2D eigenvalue weighted by Gasteiger charge is 2.36. The van der Waals surface area contributed by atoms with Gasteiger partial charge in [0.1, 0.15) is 0 Å². The molecular weight excluding hydrogens is 162 g/mol. The first-order valence-corrected chi connectivity index (χ1v) is 3.79. The fraction of sp³-hybridized carbons (Fsp3) is 0.714. The highest BCUT2D eigenvalue weighted by Crippen LogP contribution is 2.09. The number of carbonyl (C=O) groups excluding carboxylic acids is 2. The molecule has 0 aliphatic carbocycles. The second-order valence-electron chi connectivity index (χ2n) is 2.57. The van der Waals surface area contributed by atoms with Crippen molar-refractivity contribution in [2.45, 2.75) is 25.5 Å². The fourth-order valence-electron chi connectivity index (χ4n) is 1.08. The van der Waals surface area contributed by atoms with Crippen molar-refractivity contribution in [3.8, 4) is 0 Å². The molecular formula is C7H11NO4. The summed E-state index contributed by atoms with van der Waals surface area (Å²) < 4.78 is 4.63. The molecule has 0 unspecified atom stereocenters. The molecule has 0 bridgehead atoms. The summed E-state index contributed by atoms with van der Waals surface area (Å²) in [4.78, 5) is 21.7. The van der Waals surface area contributed by atoms with Crippen LogP contribution < -0.4 is 5.32 Å². The number of aliphatic hydroxyl groups excluding tert-OH is 1. The summed E-state index contributed by atoms with van der Waals surface area (Å²) in [5.74, 6) is -0.892. The van der Waals surface area contributed by atoms with Gasteiger partial charge >= 0.3 is 5.97 Å². The molecule has 0 aromatic rings. The van der Waals surface area contributed by atoms with Crippen molar-refractivity contribution in [1.82, 2.24) is 5.32 Å². The first kappa shape index (κ1) is 8.99. The number of esters is 1. The molecule has 2 atom stereocenters. The minimum absolute atomic E-state index is 0.0243. The summed E-state index contributed by atoms with van der Waals surface area (Å²) in [6.07, 6.45) is -0.972. The third-order valence-corrected chi connectivity index (χ3v) is 1.64. The molecule has 1 heterocycles. The summed E-state index contributed by atoms with van der Waals surface area (Å²) in [5, 5.41) is 11.5. The Balaban J connectivity index is 2.52. The first-order valence-electron chi connectivity index (χ1n) is 3.79. The second kappa shape index (κ2) is 3.53. The fourth-order valence-corrected chi connectivity index (χ4v) is 1.08. The number of carbonyl (C=O) groups is 2. The lowest BCUT2D eigenvalue weighted by atomic mass is 10.2. The Hall–Kier alpha value is -1.10. The molecule has 12 heavy (non-hydrogen) atoms. The van der Waals surface area contributed by atoms with Gasteiger partial charge in [0.05, 0.1) is 19.1 Å².